The average molecular weight is 410 g/mol. The van der Waals surface area contributed by atoms with Crippen LogP contribution < -0.4 is 4.74 Å². The summed E-state index contributed by atoms with van der Waals surface area (Å²) in [6.45, 7) is 0. The third-order valence-corrected chi connectivity index (χ3v) is 4.25. The lowest BCUT2D eigenvalue weighted by molar-refractivity contribution is -0.136. The molecule has 3 aromatic carbocycles. The van der Waals surface area contributed by atoms with E-state index in [9.17, 15) is 18.0 Å². The summed E-state index contributed by atoms with van der Waals surface area (Å²) >= 11 is 0. The molecule has 0 fully saturated rings. The topological polar surface area (TPSA) is 46.5 Å². The molecule has 0 aliphatic carbocycles. The molecule has 3 aromatic rings. The first kappa shape index (κ1) is 20.9. The molecule has 0 radical (unpaired) electrons. The van der Waals surface area contributed by atoms with E-state index in [1.54, 1.807) is 24.3 Å². The summed E-state index contributed by atoms with van der Waals surface area (Å²) in [5.41, 5.74) is 4.09. The Morgan fingerprint density at radius 1 is 0.833 bits per heavy atom. The minimum absolute atomic E-state index is 0.0468. The molecule has 30 heavy (non-hydrogen) atoms. The Morgan fingerprint density at radius 3 is 2.00 bits per heavy atom. The molecule has 3 rings (SSSR count). The zero-order chi connectivity index (χ0) is 21.5. The maximum atomic E-state index is 13.0. The Kier molecular flexibility index (Phi) is 6.70. The van der Waals surface area contributed by atoms with Gasteiger partial charge in [0.2, 0.25) is 0 Å². The number of carbonyl (C=O) groups is 1. The van der Waals surface area contributed by atoms with Crippen LogP contribution in [0.4, 0.5) is 13.2 Å². The molecule has 0 amide bonds. The first-order valence-corrected chi connectivity index (χ1v) is 8.99. The van der Waals surface area contributed by atoms with E-state index in [1.807, 2.05) is 48.5 Å². The van der Waals surface area contributed by atoms with Crippen LogP contribution in [-0.4, -0.2) is 11.1 Å². The second kappa shape index (κ2) is 9.60. The summed E-state index contributed by atoms with van der Waals surface area (Å²) in [7, 11) is 0. The number of aliphatic carboxylic acids is 1. The second-order valence-corrected chi connectivity index (χ2v) is 6.40. The number of benzene rings is 3. The van der Waals surface area contributed by atoms with Crippen LogP contribution in [0.5, 0.6) is 5.75 Å². The van der Waals surface area contributed by atoms with Crippen LogP contribution in [0.3, 0.4) is 0 Å². The van der Waals surface area contributed by atoms with E-state index in [4.69, 9.17) is 5.11 Å². The maximum absolute atomic E-state index is 13.0. The Balaban J connectivity index is 1.95. The Bertz CT molecular complexity index is 1070. The standard InChI is InChI=1S/C24H17F3O3/c25-23(26)24(27)30-20-12-10-19(11-13-20)21(18-4-2-1-3-5-18)14-16-6-8-17(9-7-16)15-22(28)29/h1-14H,15H2,(H,28,29). The van der Waals surface area contributed by atoms with E-state index in [2.05, 4.69) is 4.74 Å². The molecule has 0 saturated carbocycles. The van der Waals surface area contributed by atoms with E-state index in [0.29, 0.717) is 5.56 Å². The normalized spacial score (nSPS) is 11.1. The van der Waals surface area contributed by atoms with Gasteiger partial charge >= 0.3 is 18.1 Å². The molecule has 3 nitrogen and oxygen atoms in total. The Hall–Kier alpha value is -3.80. The van der Waals surface area contributed by atoms with Gasteiger partial charge in [-0.15, -0.1) is 0 Å². The zero-order valence-corrected chi connectivity index (χ0v) is 15.7. The van der Waals surface area contributed by atoms with Crippen molar-refractivity contribution in [1.82, 2.24) is 0 Å². The van der Waals surface area contributed by atoms with Crippen molar-refractivity contribution in [3.8, 4) is 5.75 Å². The first-order chi connectivity index (χ1) is 14.4. The number of carboxylic acids is 1. The van der Waals surface area contributed by atoms with Gasteiger partial charge in [0.05, 0.1) is 6.42 Å². The van der Waals surface area contributed by atoms with Gasteiger partial charge in [0, 0.05) is 0 Å². The van der Waals surface area contributed by atoms with Crippen molar-refractivity contribution in [3.05, 3.63) is 113 Å². The highest BCUT2D eigenvalue weighted by atomic mass is 19.3. The number of rotatable bonds is 7. The molecule has 0 saturated heterocycles. The van der Waals surface area contributed by atoms with Crippen molar-refractivity contribution in [2.45, 2.75) is 6.42 Å². The molecular weight excluding hydrogens is 393 g/mol. The molecule has 6 heteroatoms. The molecule has 0 heterocycles. The highest BCUT2D eigenvalue weighted by Crippen LogP contribution is 2.28. The van der Waals surface area contributed by atoms with E-state index in [1.165, 1.54) is 12.1 Å². The second-order valence-electron chi connectivity index (χ2n) is 6.40. The molecule has 0 spiro atoms. The summed E-state index contributed by atoms with van der Waals surface area (Å²) in [5, 5.41) is 8.90. The third kappa shape index (κ3) is 5.61. The number of hydrogen-bond donors (Lipinski definition) is 1. The van der Waals surface area contributed by atoms with Gasteiger partial charge in [0.1, 0.15) is 5.75 Å². The number of hydrogen-bond acceptors (Lipinski definition) is 2. The molecule has 0 aromatic heterocycles. The predicted molar refractivity (Wildman–Crippen MR) is 109 cm³/mol. The van der Waals surface area contributed by atoms with E-state index in [-0.39, 0.29) is 12.2 Å². The van der Waals surface area contributed by atoms with Crippen molar-refractivity contribution in [1.29, 1.82) is 0 Å². The van der Waals surface area contributed by atoms with Gasteiger partial charge in [-0.1, -0.05) is 66.7 Å². The lowest BCUT2D eigenvalue weighted by Crippen LogP contribution is -1.99. The summed E-state index contributed by atoms with van der Waals surface area (Å²) < 4.78 is 41.9. The van der Waals surface area contributed by atoms with Crippen molar-refractivity contribution >= 4 is 17.6 Å². The predicted octanol–water partition coefficient (Wildman–Crippen LogP) is 6.32. The lowest BCUT2D eigenvalue weighted by Gasteiger charge is -2.10. The fourth-order valence-electron chi connectivity index (χ4n) is 2.87. The van der Waals surface area contributed by atoms with Gasteiger partial charge < -0.3 is 9.84 Å². The van der Waals surface area contributed by atoms with E-state index < -0.39 is 18.1 Å². The number of ether oxygens (including phenoxy) is 1. The van der Waals surface area contributed by atoms with E-state index in [0.717, 1.165) is 22.3 Å². The highest BCUT2D eigenvalue weighted by Gasteiger charge is 2.10. The summed E-state index contributed by atoms with van der Waals surface area (Å²) in [6, 6.07) is 20.9. The van der Waals surface area contributed by atoms with Gasteiger partial charge in [-0.2, -0.15) is 13.2 Å². The molecular formula is C24H17F3O3. The molecule has 0 unspecified atom stereocenters. The maximum Gasteiger partial charge on any atom is 0.344 e. The minimum Gasteiger partial charge on any atom is -0.481 e. The first-order valence-electron chi connectivity index (χ1n) is 8.99. The van der Waals surface area contributed by atoms with Crippen LogP contribution in [0.2, 0.25) is 0 Å². The van der Waals surface area contributed by atoms with Crippen molar-refractivity contribution in [2.24, 2.45) is 0 Å². The smallest absolute Gasteiger partial charge is 0.344 e. The van der Waals surface area contributed by atoms with Crippen LogP contribution in [-0.2, 0) is 11.2 Å². The van der Waals surface area contributed by atoms with Crippen LogP contribution in [0, 0.1) is 0 Å². The van der Waals surface area contributed by atoms with E-state index >= 15 is 0 Å². The Morgan fingerprint density at radius 2 is 1.43 bits per heavy atom. The Labute approximate surface area is 171 Å². The number of halogens is 3. The lowest BCUT2D eigenvalue weighted by atomic mass is 9.95. The molecule has 1 N–H and O–H groups in total. The molecule has 0 aliphatic heterocycles. The van der Waals surface area contributed by atoms with Crippen LogP contribution in [0.15, 0.2) is 91.0 Å². The minimum atomic E-state index is -2.52. The molecule has 0 aliphatic rings. The van der Waals surface area contributed by atoms with Crippen LogP contribution in [0.1, 0.15) is 22.3 Å². The average Bonchev–Trinajstić information content (AvgIpc) is 2.74. The summed E-state index contributed by atoms with van der Waals surface area (Å²) in [4.78, 5) is 10.8. The SMILES string of the molecule is O=C(O)Cc1ccc(C=C(c2ccccc2)c2ccc(OC(F)=C(F)F)cc2)cc1. The van der Waals surface area contributed by atoms with Crippen molar-refractivity contribution in [3.63, 3.8) is 0 Å². The van der Waals surface area contributed by atoms with Gasteiger partial charge in [0.25, 0.3) is 0 Å². The van der Waals surface area contributed by atoms with Crippen LogP contribution in [0.25, 0.3) is 11.6 Å². The quantitative estimate of drug-likeness (QED) is 0.366. The zero-order valence-electron chi connectivity index (χ0n) is 15.7. The van der Waals surface area contributed by atoms with Gasteiger partial charge in [-0.25, -0.2) is 0 Å². The monoisotopic (exact) mass is 410 g/mol. The molecule has 0 bridgehead atoms. The highest BCUT2D eigenvalue weighted by molar-refractivity contribution is 5.91. The molecule has 0 atom stereocenters. The third-order valence-electron chi connectivity index (χ3n) is 4.25. The van der Waals surface area contributed by atoms with Gasteiger partial charge in [-0.3, -0.25) is 4.79 Å². The van der Waals surface area contributed by atoms with Crippen LogP contribution >= 0.6 is 0 Å². The fourth-order valence-corrected chi connectivity index (χ4v) is 2.87. The fraction of sp³-hybridized carbons (Fsp3) is 0.0417. The van der Waals surface area contributed by atoms with Gasteiger partial charge in [0.15, 0.2) is 0 Å². The van der Waals surface area contributed by atoms with Crippen molar-refractivity contribution in [2.75, 3.05) is 0 Å². The molecule has 152 valence electrons. The summed E-state index contributed by atoms with van der Waals surface area (Å²) in [5.74, 6) is -0.945. The largest absolute Gasteiger partial charge is 0.481 e. The van der Waals surface area contributed by atoms with Gasteiger partial charge in [-0.05, 0) is 46.0 Å². The number of carboxylic acid groups (broad SMARTS) is 1. The van der Waals surface area contributed by atoms with Crippen molar-refractivity contribution < 1.29 is 27.8 Å². The summed E-state index contributed by atoms with van der Waals surface area (Å²) in [6.07, 6.45) is -0.644.